The number of hydrogen-bond donors (Lipinski definition) is 1. The smallest absolute Gasteiger partial charge is 0.307 e. The number of aliphatic carboxylic acids is 1. The van der Waals surface area contributed by atoms with Gasteiger partial charge in [-0.2, -0.15) is 5.26 Å². The van der Waals surface area contributed by atoms with Crippen LogP contribution in [0.2, 0.25) is 0 Å². The van der Waals surface area contributed by atoms with E-state index in [1.165, 1.54) is 0 Å². The fourth-order valence-corrected chi connectivity index (χ4v) is 1.59. The summed E-state index contributed by atoms with van der Waals surface area (Å²) in [5, 5.41) is 17.4. The Kier molecular flexibility index (Phi) is 4.35. The third-order valence-corrected chi connectivity index (χ3v) is 2.33. The van der Waals surface area contributed by atoms with E-state index in [1.807, 2.05) is 0 Å². The Morgan fingerprint density at radius 3 is 2.71 bits per heavy atom. The lowest BCUT2D eigenvalue weighted by Gasteiger charge is -2.10. The van der Waals surface area contributed by atoms with E-state index < -0.39 is 24.4 Å². The molecule has 0 saturated carbocycles. The Balaban J connectivity index is 3.43. The molecule has 0 bridgehead atoms. The van der Waals surface area contributed by atoms with Gasteiger partial charge >= 0.3 is 5.97 Å². The Morgan fingerprint density at radius 2 is 2.29 bits per heavy atom. The monoisotopic (exact) mass is 260 g/mol. The number of nitrogens with zero attached hydrogens (tertiary/aromatic N) is 2. The van der Waals surface area contributed by atoms with Crippen molar-refractivity contribution >= 4 is 17.6 Å². The fraction of sp³-hybridized carbons (Fsp3) is 0.300. The number of carboxylic acid groups (broad SMARTS) is 1. The summed E-state index contributed by atoms with van der Waals surface area (Å²) in [6.07, 6.45) is -2.53. The number of rotatable bonds is 4. The van der Waals surface area contributed by atoms with Crippen molar-refractivity contribution in [2.75, 3.05) is 0 Å². The number of carbonyl (C=O) groups is 1. The summed E-state index contributed by atoms with van der Waals surface area (Å²) in [5.41, 5.74) is -1.08. The highest BCUT2D eigenvalue weighted by atomic mass is 35.5. The molecule has 0 aromatic carbocycles. The minimum absolute atomic E-state index is 0.0265. The predicted octanol–water partition coefficient (Wildman–Crippen LogP) is 2.26. The molecule has 1 rings (SSSR count). The molecule has 0 unspecified atom stereocenters. The highest BCUT2D eigenvalue weighted by Gasteiger charge is 2.22. The summed E-state index contributed by atoms with van der Waals surface area (Å²) in [4.78, 5) is 14.2. The lowest BCUT2D eigenvalue weighted by atomic mass is 10.0. The second-order valence-electron chi connectivity index (χ2n) is 3.14. The molecule has 0 saturated heterocycles. The van der Waals surface area contributed by atoms with Crippen LogP contribution in [0.3, 0.4) is 0 Å². The SMILES string of the molecule is N#Cc1c(CCl)ncc(CC(=O)O)c1C(F)F. The molecule has 90 valence electrons. The average molecular weight is 261 g/mol. The molecule has 0 amide bonds. The summed E-state index contributed by atoms with van der Waals surface area (Å²) in [7, 11) is 0. The molecule has 0 aliphatic heterocycles. The molecule has 1 heterocycles. The maximum absolute atomic E-state index is 12.8. The summed E-state index contributed by atoms with van der Waals surface area (Å²) in [6, 6.07) is 1.59. The Hall–Kier alpha value is -1.74. The molecule has 0 fully saturated rings. The molecular weight excluding hydrogens is 254 g/mol. The van der Waals surface area contributed by atoms with Gasteiger partial charge in [0.1, 0.15) is 6.07 Å². The number of halogens is 3. The quantitative estimate of drug-likeness (QED) is 0.843. The van der Waals surface area contributed by atoms with Crippen LogP contribution in [-0.4, -0.2) is 16.1 Å². The number of hydrogen-bond acceptors (Lipinski definition) is 3. The second kappa shape index (κ2) is 5.55. The standard InChI is InChI=1S/C10H7ClF2N2O2/c11-2-7-6(3-14)9(10(12)13)5(4-15-7)1-8(16)17/h4,10H,1-2H2,(H,16,17). The molecular formula is C10H7ClF2N2O2. The maximum atomic E-state index is 12.8. The normalized spacial score (nSPS) is 10.3. The first-order chi connectivity index (χ1) is 8.01. The zero-order chi connectivity index (χ0) is 13.0. The van der Waals surface area contributed by atoms with Gasteiger partial charge in [-0.25, -0.2) is 8.78 Å². The first-order valence-corrected chi connectivity index (χ1v) is 5.01. The largest absolute Gasteiger partial charge is 0.481 e. The van der Waals surface area contributed by atoms with Gasteiger partial charge in [0.25, 0.3) is 6.43 Å². The van der Waals surface area contributed by atoms with Crippen molar-refractivity contribution in [3.8, 4) is 6.07 Å². The minimum Gasteiger partial charge on any atom is -0.481 e. The van der Waals surface area contributed by atoms with Gasteiger partial charge in [0.05, 0.1) is 23.6 Å². The summed E-state index contributed by atoms with van der Waals surface area (Å²) < 4.78 is 25.7. The van der Waals surface area contributed by atoms with Gasteiger partial charge < -0.3 is 5.11 Å². The Morgan fingerprint density at radius 1 is 1.65 bits per heavy atom. The van der Waals surface area contributed by atoms with Crippen LogP contribution in [0.25, 0.3) is 0 Å². The Labute approximate surface area is 100 Å². The maximum Gasteiger partial charge on any atom is 0.307 e. The topological polar surface area (TPSA) is 74.0 Å². The van der Waals surface area contributed by atoms with Gasteiger partial charge in [-0.15, -0.1) is 11.6 Å². The van der Waals surface area contributed by atoms with E-state index in [0.717, 1.165) is 6.20 Å². The van der Waals surface area contributed by atoms with Gasteiger partial charge in [-0.3, -0.25) is 9.78 Å². The van der Waals surface area contributed by atoms with E-state index in [4.69, 9.17) is 22.0 Å². The molecule has 1 aromatic rings. The lowest BCUT2D eigenvalue weighted by Crippen LogP contribution is -2.09. The highest BCUT2D eigenvalue weighted by molar-refractivity contribution is 6.17. The van der Waals surface area contributed by atoms with Crippen molar-refractivity contribution in [2.45, 2.75) is 18.7 Å². The van der Waals surface area contributed by atoms with Crippen LogP contribution in [0, 0.1) is 11.3 Å². The van der Waals surface area contributed by atoms with Gasteiger partial charge in [0.2, 0.25) is 0 Å². The first kappa shape index (κ1) is 13.3. The zero-order valence-electron chi connectivity index (χ0n) is 8.45. The summed E-state index contributed by atoms with van der Waals surface area (Å²) >= 11 is 5.47. The van der Waals surface area contributed by atoms with Crippen LogP contribution in [0.15, 0.2) is 6.20 Å². The van der Waals surface area contributed by atoms with Crippen LogP contribution in [0.5, 0.6) is 0 Å². The van der Waals surface area contributed by atoms with Crippen molar-refractivity contribution < 1.29 is 18.7 Å². The van der Waals surface area contributed by atoms with E-state index in [2.05, 4.69) is 4.98 Å². The molecule has 0 aliphatic carbocycles. The highest BCUT2D eigenvalue weighted by Crippen LogP contribution is 2.28. The molecule has 0 spiro atoms. The number of nitriles is 1. The summed E-state index contributed by atoms with van der Waals surface area (Å²) in [6.45, 7) is 0. The van der Waals surface area contributed by atoms with Gasteiger partial charge in [-0.05, 0) is 5.56 Å². The summed E-state index contributed by atoms with van der Waals surface area (Å²) in [5.74, 6) is -1.45. The molecule has 17 heavy (non-hydrogen) atoms. The van der Waals surface area contributed by atoms with Crippen LogP contribution < -0.4 is 0 Å². The predicted molar refractivity (Wildman–Crippen MR) is 54.8 cm³/mol. The van der Waals surface area contributed by atoms with Gasteiger partial charge in [0.15, 0.2) is 0 Å². The first-order valence-electron chi connectivity index (χ1n) is 4.47. The number of carboxylic acids is 1. The molecule has 0 radical (unpaired) electrons. The van der Waals surface area contributed by atoms with E-state index in [-0.39, 0.29) is 22.7 Å². The van der Waals surface area contributed by atoms with E-state index >= 15 is 0 Å². The van der Waals surface area contributed by atoms with E-state index in [0.29, 0.717) is 0 Å². The molecule has 0 aliphatic rings. The van der Waals surface area contributed by atoms with Crippen LogP contribution in [0.4, 0.5) is 8.78 Å². The van der Waals surface area contributed by atoms with Gasteiger partial charge in [0, 0.05) is 11.8 Å². The van der Waals surface area contributed by atoms with Crippen LogP contribution in [0.1, 0.15) is 28.8 Å². The average Bonchev–Trinajstić information content (AvgIpc) is 2.26. The van der Waals surface area contributed by atoms with E-state index in [9.17, 15) is 13.6 Å². The zero-order valence-corrected chi connectivity index (χ0v) is 9.21. The van der Waals surface area contributed by atoms with Crippen molar-refractivity contribution in [1.82, 2.24) is 4.98 Å². The van der Waals surface area contributed by atoms with Crippen LogP contribution >= 0.6 is 11.6 Å². The van der Waals surface area contributed by atoms with Crippen molar-refractivity contribution in [3.63, 3.8) is 0 Å². The second-order valence-corrected chi connectivity index (χ2v) is 3.40. The lowest BCUT2D eigenvalue weighted by molar-refractivity contribution is -0.136. The minimum atomic E-state index is -2.94. The third kappa shape index (κ3) is 2.88. The number of aromatic nitrogens is 1. The number of alkyl halides is 3. The third-order valence-electron chi connectivity index (χ3n) is 2.08. The van der Waals surface area contributed by atoms with Crippen molar-refractivity contribution in [3.05, 3.63) is 28.6 Å². The molecule has 4 nitrogen and oxygen atoms in total. The molecule has 7 heteroatoms. The molecule has 1 aromatic heterocycles. The fourth-order valence-electron chi connectivity index (χ4n) is 1.39. The van der Waals surface area contributed by atoms with Gasteiger partial charge in [-0.1, -0.05) is 0 Å². The van der Waals surface area contributed by atoms with Crippen molar-refractivity contribution in [1.29, 1.82) is 5.26 Å². The number of pyridine rings is 1. The van der Waals surface area contributed by atoms with Crippen LogP contribution in [-0.2, 0) is 17.1 Å². The molecule has 0 atom stereocenters. The molecule has 1 N–H and O–H groups in total. The Bertz CT molecular complexity index is 486. The van der Waals surface area contributed by atoms with E-state index in [1.54, 1.807) is 6.07 Å². The van der Waals surface area contributed by atoms with Crippen molar-refractivity contribution in [2.24, 2.45) is 0 Å².